The molecule has 1 aromatic heterocycles. The molecule has 98 valence electrons. The molecule has 0 aliphatic rings. The van der Waals surface area contributed by atoms with Crippen molar-refractivity contribution in [3.05, 3.63) is 42.5 Å². The van der Waals surface area contributed by atoms with Gasteiger partial charge in [-0.15, -0.1) is 11.3 Å². The number of hydrogen-bond acceptors (Lipinski definition) is 1. The molecule has 0 amide bonds. The van der Waals surface area contributed by atoms with Gasteiger partial charge in [-0.2, -0.15) is 0 Å². The third kappa shape index (κ3) is 2.21. The normalized spacial score (nSPS) is 11.6. The Morgan fingerprint density at radius 2 is 1.21 bits per heavy atom. The Kier molecular flexibility index (Phi) is 4.06. The molecular weight excluding hydrogens is 478 g/mol. The fourth-order valence-electron chi connectivity index (χ4n) is 2.63. The molecule has 3 heteroatoms. The summed E-state index contributed by atoms with van der Waals surface area (Å²) >= 11 is 6.91. The number of fused-ring (bicyclic) bond motifs is 3. The molecule has 3 rings (SSSR count). The van der Waals surface area contributed by atoms with Crippen LogP contribution < -0.4 is 0 Å². The summed E-state index contributed by atoms with van der Waals surface area (Å²) in [5.41, 5.74) is 3.02. The number of benzene rings is 2. The number of thiophene rings is 1. The molecule has 19 heavy (non-hydrogen) atoms. The van der Waals surface area contributed by atoms with Crippen molar-refractivity contribution in [2.24, 2.45) is 0 Å². The second kappa shape index (κ2) is 5.48. The van der Waals surface area contributed by atoms with Crippen molar-refractivity contribution in [2.75, 3.05) is 0 Å². The number of hydrogen-bond donors (Lipinski definition) is 0. The lowest BCUT2D eigenvalue weighted by atomic mass is 10.1. The quantitative estimate of drug-likeness (QED) is 0.364. The van der Waals surface area contributed by atoms with Gasteiger partial charge in [0.05, 0.1) is 0 Å². The third-order valence-corrected chi connectivity index (χ3v) is 6.97. The Labute approximate surface area is 144 Å². The van der Waals surface area contributed by atoms with E-state index in [0.717, 1.165) is 12.8 Å². The Bertz CT molecular complexity index is 707. The molecule has 0 spiro atoms. The highest BCUT2D eigenvalue weighted by molar-refractivity contribution is 14.1. The monoisotopic (exact) mass is 492 g/mol. The zero-order valence-corrected chi connectivity index (χ0v) is 16.0. The molecule has 3 aromatic rings. The predicted molar refractivity (Wildman–Crippen MR) is 104 cm³/mol. The van der Waals surface area contributed by atoms with Crippen LogP contribution in [0, 0.1) is 7.14 Å². The van der Waals surface area contributed by atoms with Crippen molar-refractivity contribution in [3.8, 4) is 0 Å². The zero-order chi connectivity index (χ0) is 13.6. The first-order valence-electron chi connectivity index (χ1n) is 6.48. The second-order valence-electron chi connectivity index (χ2n) is 4.61. The average molecular weight is 492 g/mol. The Hall–Kier alpha value is 0.120. The SMILES string of the molecule is CCc1c(I)ccc2c1sc1c(CC)c(I)ccc12. The van der Waals surface area contributed by atoms with Crippen LogP contribution in [0.1, 0.15) is 25.0 Å². The molecule has 0 saturated heterocycles. The summed E-state index contributed by atoms with van der Waals surface area (Å²) in [4.78, 5) is 0. The van der Waals surface area contributed by atoms with Crippen molar-refractivity contribution in [2.45, 2.75) is 26.7 Å². The summed E-state index contributed by atoms with van der Waals surface area (Å²) in [5, 5.41) is 2.87. The largest absolute Gasteiger partial charge is 0.135 e. The summed E-state index contributed by atoms with van der Waals surface area (Å²) < 4.78 is 5.76. The van der Waals surface area contributed by atoms with Crippen molar-refractivity contribution in [1.29, 1.82) is 0 Å². The molecule has 0 radical (unpaired) electrons. The van der Waals surface area contributed by atoms with E-state index in [2.05, 4.69) is 83.3 Å². The first kappa shape index (κ1) is 14.1. The van der Waals surface area contributed by atoms with E-state index in [9.17, 15) is 0 Å². The lowest BCUT2D eigenvalue weighted by molar-refractivity contribution is 1.15. The molecule has 2 aromatic carbocycles. The van der Waals surface area contributed by atoms with Crippen LogP contribution in [0.4, 0.5) is 0 Å². The van der Waals surface area contributed by atoms with Crippen molar-refractivity contribution >= 4 is 76.7 Å². The summed E-state index contributed by atoms with van der Waals surface area (Å²) in [6.07, 6.45) is 2.22. The van der Waals surface area contributed by atoms with Crippen LogP contribution in [-0.4, -0.2) is 0 Å². The maximum atomic E-state index is 2.46. The van der Waals surface area contributed by atoms with E-state index < -0.39 is 0 Å². The Morgan fingerprint density at radius 3 is 1.58 bits per heavy atom. The highest BCUT2D eigenvalue weighted by atomic mass is 127. The van der Waals surface area contributed by atoms with Crippen LogP contribution in [0.3, 0.4) is 0 Å². The number of halogens is 2. The molecule has 0 atom stereocenters. The van der Waals surface area contributed by atoms with Crippen molar-refractivity contribution in [3.63, 3.8) is 0 Å². The Balaban J connectivity index is 2.51. The molecule has 0 N–H and O–H groups in total. The number of rotatable bonds is 2. The highest BCUT2D eigenvalue weighted by Gasteiger charge is 2.13. The maximum absolute atomic E-state index is 2.46. The third-order valence-electron chi connectivity index (χ3n) is 3.61. The smallest absolute Gasteiger partial charge is 0.0397 e. The molecule has 0 fully saturated rings. The van der Waals surface area contributed by atoms with Gasteiger partial charge in [0.15, 0.2) is 0 Å². The summed E-state index contributed by atoms with van der Waals surface area (Å²) in [5.74, 6) is 0. The van der Waals surface area contributed by atoms with Gasteiger partial charge < -0.3 is 0 Å². The highest BCUT2D eigenvalue weighted by Crippen LogP contribution is 2.40. The zero-order valence-electron chi connectivity index (χ0n) is 10.9. The summed E-state index contributed by atoms with van der Waals surface area (Å²) in [6.45, 7) is 4.51. The standard InChI is InChI=1S/C16H14I2S/c1-3-9-13(17)7-5-11-12-6-8-14(18)10(4-2)16(12)19-15(9)11/h5-8H,3-4H2,1-2H3. The first-order valence-corrected chi connectivity index (χ1v) is 9.45. The molecule has 1 heterocycles. The van der Waals surface area contributed by atoms with Crippen LogP contribution in [0.5, 0.6) is 0 Å². The first-order chi connectivity index (χ1) is 9.17. The van der Waals surface area contributed by atoms with Gasteiger partial charge in [-0.3, -0.25) is 0 Å². The summed E-state index contributed by atoms with van der Waals surface area (Å²) in [7, 11) is 0. The number of aryl methyl sites for hydroxylation is 2. The lowest BCUT2D eigenvalue weighted by Gasteiger charge is -2.03. The van der Waals surface area contributed by atoms with Crippen LogP contribution in [0.15, 0.2) is 24.3 Å². The van der Waals surface area contributed by atoms with Gasteiger partial charge in [-0.05, 0) is 81.3 Å². The minimum absolute atomic E-state index is 1.11. The van der Waals surface area contributed by atoms with Gasteiger partial charge >= 0.3 is 0 Å². The van der Waals surface area contributed by atoms with Gasteiger partial charge in [0.1, 0.15) is 0 Å². The van der Waals surface area contributed by atoms with E-state index in [-0.39, 0.29) is 0 Å². The summed E-state index contributed by atoms with van der Waals surface area (Å²) in [6, 6.07) is 9.11. The van der Waals surface area contributed by atoms with Crippen LogP contribution in [0.2, 0.25) is 0 Å². The van der Waals surface area contributed by atoms with Gasteiger partial charge in [-0.1, -0.05) is 26.0 Å². The lowest BCUT2D eigenvalue weighted by Crippen LogP contribution is -1.85. The van der Waals surface area contributed by atoms with E-state index >= 15 is 0 Å². The van der Waals surface area contributed by atoms with Gasteiger partial charge in [0.2, 0.25) is 0 Å². The molecule has 0 nitrogen and oxygen atoms in total. The van der Waals surface area contributed by atoms with Gasteiger partial charge in [-0.25, -0.2) is 0 Å². The van der Waals surface area contributed by atoms with Gasteiger partial charge in [0.25, 0.3) is 0 Å². The Morgan fingerprint density at radius 1 is 0.789 bits per heavy atom. The van der Waals surface area contributed by atoms with Crippen molar-refractivity contribution < 1.29 is 0 Å². The topological polar surface area (TPSA) is 0 Å². The minimum Gasteiger partial charge on any atom is -0.135 e. The molecule has 0 aliphatic heterocycles. The van der Waals surface area contributed by atoms with Crippen LogP contribution >= 0.6 is 56.5 Å². The van der Waals surface area contributed by atoms with Crippen LogP contribution in [-0.2, 0) is 12.8 Å². The van der Waals surface area contributed by atoms with E-state index in [1.165, 1.54) is 38.4 Å². The molecule has 0 unspecified atom stereocenters. The predicted octanol–water partition coefficient (Wildman–Crippen LogP) is 6.39. The van der Waals surface area contributed by atoms with E-state index in [1.807, 2.05) is 11.3 Å². The molecule has 0 saturated carbocycles. The van der Waals surface area contributed by atoms with Crippen molar-refractivity contribution in [1.82, 2.24) is 0 Å². The van der Waals surface area contributed by atoms with E-state index in [0.29, 0.717) is 0 Å². The fraction of sp³-hybridized carbons (Fsp3) is 0.250. The average Bonchev–Trinajstić information content (AvgIpc) is 2.77. The molecule has 0 aliphatic carbocycles. The molecule has 0 bridgehead atoms. The van der Waals surface area contributed by atoms with Crippen LogP contribution in [0.25, 0.3) is 20.2 Å². The maximum Gasteiger partial charge on any atom is 0.0397 e. The second-order valence-corrected chi connectivity index (χ2v) is 7.96. The molecular formula is C16H14I2S. The van der Waals surface area contributed by atoms with E-state index in [1.54, 1.807) is 0 Å². The fourth-order valence-corrected chi connectivity index (χ4v) is 6.19. The minimum atomic E-state index is 1.11. The van der Waals surface area contributed by atoms with E-state index in [4.69, 9.17) is 0 Å². The van der Waals surface area contributed by atoms with Gasteiger partial charge in [0, 0.05) is 27.3 Å².